The Labute approximate surface area is 318 Å². The number of rotatable bonds is 6. The molecule has 8 aromatic carbocycles. The fourth-order valence-electron chi connectivity index (χ4n) is 9.55. The first kappa shape index (κ1) is 32.2. The zero-order valence-electron chi connectivity index (χ0n) is 30.9. The molecule has 2 aliphatic rings. The van der Waals surface area contributed by atoms with Gasteiger partial charge in [-0.05, 0) is 116 Å². The van der Waals surface area contributed by atoms with Gasteiger partial charge in [-0.15, -0.1) is 0 Å². The Balaban J connectivity index is 1.24. The van der Waals surface area contributed by atoms with Gasteiger partial charge in [0.05, 0.1) is 5.41 Å². The van der Waals surface area contributed by atoms with Crippen LogP contribution in [-0.2, 0) is 10.8 Å². The molecule has 0 fully saturated rings. The van der Waals surface area contributed by atoms with Crippen LogP contribution in [0.3, 0.4) is 0 Å². The lowest BCUT2D eigenvalue weighted by molar-refractivity contribution is 0.660. The second-order valence-corrected chi connectivity index (χ2v) is 15.4. The van der Waals surface area contributed by atoms with E-state index in [-0.39, 0.29) is 5.41 Å². The SMILES string of the molecule is Cc1cc(N(c2cccc(-c3ccccc3)c2)c2ccc3c(c2)C(C)(C)c2ccccc2-3)cc(C2(c3ccccc3)c3ccccc3-c3ccccc32)c1. The van der Waals surface area contributed by atoms with Crippen molar-refractivity contribution in [2.24, 2.45) is 0 Å². The highest BCUT2D eigenvalue weighted by Crippen LogP contribution is 2.57. The summed E-state index contributed by atoms with van der Waals surface area (Å²) in [5.74, 6) is 0. The van der Waals surface area contributed by atoms with E-state index < -0.39 is 5.41 Å². The van der Waals surface area contributed by atoms with Gasteiger partial charge in [0.1, 0.15) is 0 Å². The van der Waals surface area contributed by atoms with Gasteiger partial charge < -0.3 is 4.90 Å². The van der Waals surface area contributed by atoms with Crippen molar-refractivity contribution in [2.75, 3.05) is 4.90 Å². The number of benzene rings is 8. The Hall–Kier alpha value is -6.44. The van der Waals surface area contributed by atoms with Gasteiger partial charge in [-0.3, -0.25) is 0 Å². The summed E-state index contributed by atoms with van der Waals surface area (Å²) >= 11 is 0. The summed E-state index contributed by atoms with van der Waals surface area (Å²) < 4.78 is 0. The summed E-state index contributed by atoms with van der Waals surface area (Å²) in [5.41, 5.74) is 19.6. The second-order valence-electron chi connectivity index (χ2n) is 15.4. The molecule has 0 aliphatic heterocycles. The highest BCUT2D eigenvalue weighted by molar-refractivity contribution is 5.89. The third kappa shape index (κ3) is 4.78. The minimum Gasteiger partial charge on any atom is -0.310 e. The molecular weight excluding hydrogens is 651 g/mol. The van der Waals surface area contributed by atoms with Gasteiger partial charge in [-0.2, -0.15) is 0 Å². The largest absolute Gasteiger partial charge is 0.310 e. The number of nitrogens with zero attached hydrogens (tertiary/aromatic N) is 1. The maximum Gasteiger partial charge on any atom is 0.0714 e. The minimum atomic E-state index is -0.492. The van der Waals surface area contributed by atoms with Gasteiger partial charge in [0.25, 0.3) is 0 Å². The van der Waals surface area contributed by atoms with Gasteiger partial charge in [-0.1, -0.05) is 172 Å². The van der Waals surface area contributed by atoms with E-state index >= 15 is 0 Å². The van der Waals surface area contributed by atoms with Gasteiger partial charge in [-0.25, -0.2) is 0 Å². The monoisotopic (exact) mass is 691 g/mol. The van der Waals surface area contributed by atoms with Gasteiger partial charge in [0.15, 0.2) is 0 Å². The van der Waals surface area contributed by atoms with Crippen LogP contribution in [0.15, 0.2) is 194 Å². The third-order valence-electron chi connectivity index (χ3n) is 11.9. The van der Waals surface area contributed by atoms with Crippen LogP contribution in [0, 0.1) is 6.92 Å². The van der Waals surface area contributed by atoms with Crippen molar-refractivity contribution >= 4 is 17.1 Å². The lowest BCUT2D eigenvalue weighted by Gasteiger charge is -2.35. The maximum atomic E-state index is 2.48. The van der Waals surface area contributed by atoms with E-state index in [1.54, 1.807) is 0 Å². The van der Waals surface area contributed by atoms with Gasteiger partial charge >= 0.3 is 0 Å². The molecule has 0 spiro atoms. The molecule has 1 heteroatoms. The van der Waals surface area contributed by atoms with Crippen molar-refractivity contribution in [3.05, 3.63) is 233 Å². The van der Waals surface area contributed by atoms with Crippen LogP contribution in [0.5, 0.6) is 0 Å². The van der Waals surface area contributed by atoms with E-state index in [2.05, 4.69) is 220 Å². The Morgan fingerprint density at radius 1 is 0.352 bits per heavy atom. The normalized spacial score (nSPS) is 14.1. The van der Waals surface area contributed by atoms with Crippen molar-refractivity contribution in [1.29, 1.82) is 0 Å². The highest BCUT2D eigenvalue weighted by atomic mass is 15.1. The molecule has 8 aromatic rings. The fraction of sp³-hybridized carbons (Fsp3) is 0.0943. The van der Waals surface area contributed by atoms with Crippen molar-refractivity contribution in [1.82, 2.24) is 0 Å². The van der Waals surface area contributed by atoms with Crippen LogP contribution < -0.4 is 4.90 Å². The Bertz CT molecular complexity index is 2660. The number of hydrogen-bond donors (Lipinski definition) is 0. The molecule has 258 valence electrons. The van der Waals surface area contributed by atoms with Crippen molar-refractivity contribution in [3.63, 3.8) is 0 Å². The summed E-state index contributed by atoms with van der Waals surface area (Å²) in [6, 6.07) is 72.1. The number of anilines is 3. The molecule has 2 aliphatic carbocycles. The van der Waals surface area contributed by atoms with E-state index in [1.165, 1.54) is 72.3 Å². The van der Waals surface area contributed by atoms with Crippen LogP contribution in [-0.4, -0.2) is 0 Å². The zero-order valence-corrected chi connectivity index (χ0v) is 30.9. The first-order valence-corrected chi connectivity index (χ1v) is 19.0. The van der Waals surface area contributed by atoms with Crippen molar-refractivity contribution in [3.8, 4) is 33.4 Å². The zero-order chi connectivity index (χ0) is 36.4. The van der Waals surface area contributed by atoms with E-state index in [0.717, 1.165) is 17.1 Å². The molecular formula is C53H41N. The molecule has 0 bridgehead atoms. The molecule has 1 nitrogen and oxygen atoms in total. The molecule has 10 rings (SSSR count). The van der Waals surface area contributed by atoms with Crippen LogP contribution in [0.25, 0.3) is 33.4 Å². The molecule has 0 amide bonds. The molecule has 54 heavy (non-hydrogen) atoms. The smallest absolute Gasteiger partial charge is 0.0714 e. The second kappa shape index (κ2) is 12.3. The average Bonchev–Trinajstić information content (AvgIpc) is 3.65. The fourth-order valence-corrected chi connectivity index (χ4v) is 9.55. The summed E-state index contributed by atoms with van der Waals surface area (Å²) in [5, 5.41) is 0. The van der Waals surface area contributed by atoms with Crippen molar-refractivity contribution in [2.45, 2.75) is 31.6 Å². The lowest BCUT2D eigenvalue weighted by atomic mass is 9.67. The molecule has 0 saturated heterocycles. The predicted octanol–water partition coefficient (Wildman–Crippen LogP) is 13.8. The molecule has 0 radical (unpaired) electrons. The van der Waals surface area contributed by atoms with Gasteiger partial charge in [0, 0.05) is 22.5 Å². The summed E-state index contributed by atoms with van der Waals surface area (Å²) in [6.07, 6.45) is 0. The quantitative estimate of drug-likeness (QED) is 0.168. The van der Waals surface area contributed by atoms with Gasteiger partial charge in [0.2, 0.25) is 0 Å². The molecule has 0 atom stereocenters. The molecule has 0 aromatic heterocycles. The summed E-state index contributed by atoms with van der Waals surface area (Å²) in [7, 11) is 0. The minimum absolute atomic E-state index is 0.119. The third-order valence-corrected chi connectivity index (χ3v) is 11.9. The number of fused-ring (bicyclic) bond motifs is 6. The standard InChI is InChI=1S/C53H41N/c1-36-31-40(53(39-20-8-5-9-21-39)49-27-14-11-24-45(49)46-25-12-15-28-50(46)53)34-43(32-36)54(41-22-16-19-38(33-41)37-17-6-4-7-18-37)42-29-30-47-44-23-10-13-26-48(44)52(2,3)51(47)35-42/h4-35H,1-3H3. The lowest BCUT2D eigenvalue weighted by Crippen LogP contribution is -2.29. The van der Waals surface area contributed by atoms with E-state index in [9.17, 15) is 0 Å². The predicted molar refractivity (Wildman–Crippen MR) is 226 cm³/mol. The Morgan fingerprint density at radius 2 is 0.889 bits per heavy atom. The highest BCUT2D eigenvalue weighted by Gasteiger charge is 2.46. The van der Waals surface area contributed by atoms with E-state index in [0.29, 0.717) is 0 Å². The molecule has 0 N–H and O–H groups in total. The molecule has 0 heterocycles. The van der Waals surface area contributed by atoms with Crippen LogP contribution in [0.2, 0.25) is 0 Å². The topological polar surface area (TPSA) is 3.24 Å². The van der Waals surface area contributed by atoms with Crippen LogP contribution in [0.1, 0.15) is 52.8 Å². The molecule has 0 saturated carbocycles. The van der Waals surface area contributed by atoms with Crippen LogP contribution in [0.4, 0.5) is 17.1 Å². The Kier molecular flexibility index (Phi) is 7.35. The molecule has 0 unspecified atom stereocenters. The van der Waals surface area contributed by atoms with E-state index in [1.807, 2.05) is 0 Å². The maximum absolute atomic E-state index is 2.48. The number of hydrogen-bond acceptors (Lipinski definition) is 1. The van der Waals surface area contributed by atoms with Crippen LogP contribution >= 0.6 is 0 Å². The Morgan fingerprint density at radius 3 is 1.57 bits per heavy atom. The average molecular weight is 692 g/mol. The summed E-state index contributed by atoms with van der Waals surface area (Å²) in [4.78, 5) is 2.48. The first-order chi connectivity index (χ1) is 26.4. The summed E-state index contributed by atoms with van der Waals surface area (Å²) in [6.45, 7) is 6.98. The van der Waals surface area contributed by atoms with E-state index in [4.69, 9.17) is 0 Å². The van der Waals surface area contributed by atoms with Crippen molar-refractivity contribution < 1.29 is 0 Å². The number of aryl methyl sites for hydroxylation is 1. The first-order valence-electron chi connectivity index (χ1n) is 19.0.